The molecule has 1 aromatic rings. The van der Waals surface area contributed by atoms with Crippen LogP contribution in [0.15, 0.2) is 17.3 Å². The molecule has 1 saturated carbocycles. The van der Waals surface area contributed by atoms with E-state index in [2.05, 4.69) is 9.82 Å². The van der Waals surface area contributed by atoms with Gasteiger partial charge in [0.1, 0.15) is 0 Å². The molecule has 0 unspecified atom stereocenters. The number of halogens is 1. The molecule has 0 aliphatic heterocycles. The summed E-state index contributed by atoms with van der Waals surface area (Å²) in [7, 11) is -1.89. The molecule has 0 aromatic carbocycles. The fourth-order valence-corrected chi connectivity index (χ4v) is 3.01. The molecule has 98 valence electrons. The molecule has 0 bridgehead atoms. The Balaban J connectivity index is 0.00000144. The predicted octanol–water partition coefficient (Wildman–Crippen LogP) is 0.00160. The smallest absolute Gasteiger partial charge is 0.257 e. The number of hydrogen-bond acceptors (Lipinski definition) is 4. The molecule has 6 nitrogen and oxygen atoms in total. The van der Waals surface area contributed by atoms with Gasteiger partial charge < -0.3 is 5.73 Å². The molecular weight excluding hydrogens is 264 g/mol. The standard InChI is InChI=1S/C9H16N4O2S.ClH/c1-13-8(3-6-11-13)16(14,15)12-7-9(10)4-2-5-9;/h3,6,12H,2,4-5,7,10H2,1H3;1H. The first-order valence-electron chi connectivity index (χ1n) is 5.20. The topological polar surface area (TPSA) is 90.0 Å². The largest absolute Gasteiger partial charge is 0.324 e. The second kappa shape index (κ2) is 4.93. The van der Waals surface area contributed by atoms with E-state index in [0.717, 1.165) is 19.3 Å². The van der Waals surface area contributed by atoms with Crippen LogP contribution in [0.3, 0.4) is 0 Å². The van der Waals surface area contributed by atoms with Gasteiger partial charge in [0.15, 0.2) is 5.03 Å². The van der Waals surface area contributed by atoms with Crippen molar-refractivity contribution in [2.45, 2.75) is 29.8 Å². The molecule has 0 spiro atoms. The van der Waals surface area contributed by atoms with E-state index in [1.807, 2.05) is 0 Å². The minimum atomic E-state index is -3.49. The molecular formula is C9H17ClN4O2S. The van der Waals surface area contributed by atoms with Crippen molar-refractivity contribution in [2.75, 3.05) is 6.54 Å². The van der Waals surface area contributed by atoms with Crippen LogP contribution >= 0.6 is 12.4 Å². The van der Waals surface area contributed by atoms with Crippen LogP contribution in [0, 0.1) is 0 Å². The third-order valence-electron chi connectivity index (χ3n) is 3.01. The lowest BCUT2D eigenvalue weighted by molar-refractivity contribution is 0.251. The van der Waals surface area contributed by atoms with Crippen LogP contribution in [0.25, 0.3) is 0 Å². The van der Waals surface area contributed by atoms with Crippen LogP contribution in [-0.2, 0) is 17.1 Å². The molecule has 2 rings (SSSR count). The van der Waals surface area contributed by atoms with Gasteiger partial charge in [-0.1, -0.05) is 0 Å². The van der Waals surface area contributed by atoms with Crippen molar-refractivity contribution in [3.8, 4) is 0 Å². The number of nitrogens with zero attached hydrogens (tertiary/aromatic N) is 2. The van der Waals surface area contributed by atoms with Gasteiger partial charge >= 0.3 is 0 Å². The molecule has 8 heteroatoms. The van der Waals surface area contributed by atoms with Gasteiger partial charge in [-0.2, -0.15) is 5.10 Å². The van der Waals surface area contributed by atoms with Crippen LogP contribution in [0.4, 0.5) is 0 Å². The first kappa shape index (κ1) is 14.4. The Morgan fingerprint density at radius 2 is 2.24 bits per heavy atom. The minimum Gasteiger partial charge on any atom is -0.324 e. The zero-order valence-electron chi connectivity index (χ0n) is 9.59. The Hall–Kier alpha value is -0.630. The first-order chi connectivity index (χ1) is 7.43. The van der Waals surface area contributed by atoms with Crippen LogP contribution in [-0.4, -0.2) is 30.3 Å². The summed E-state index contributed by atoms with van der Waals surface area (Å²) in [4.78, 5) is 0. The van der Waals surface area contributed by atoms with E-state index in [0.29, 0.717) is 6.54 Å². The molecule has 0 atom stereocenters. The number of aryl methyl sites for hydroxylation is 1. The molecule has 1 aliphatic carbocycles. The van der Waals surface area contributed by atoms with Crippen molar-refractivity contribution in [1.82, 2.24) is 14.5 Å². The molecule has 0 radical (unpaired) electrons. The lowest BCUT2D eigenvalue weighted by Gasteiger charge is -2.37. The molecule has 1 heterocycles. The number of aromatic nitrogens is 2. The van der Waals surface area contributed by atoms with Gasteiger partial charge in [-0.25, -0.2) is 13.1 Å². The summed E-state index contributed by atoms with van der Waals surface area (Å²) >= 11 is 0. The maximum Gasteiger partial charge on any atom is 0.257 e. The summed E-state index contributed by atoms with van der Waals surface area (Å²) in [6.07, 6.45) is 4.28. The van der Waals surface area contributed by atoms with Gasteiger partial charge in [0.05, 0.1) is 6.20 Å². The second-order valence-corrected chi connectivity index (χ2v) is 6.05. The van der Waals surface area contributed by atoms with E-state index < -0.39 is 10.0 Å². The van der Waals surface area contributed by atoms with Crippen molar-refractivity contribution in [1.29, 1.82) is 0 Å². The predicted molar refractivity (Wildman–Crippen MR) is 66.4 cm³/mol. The maximum absolute atomic E-state index is 11.9. The van der Waals surface area contributed by atoms with Crippen molar-refractivity contribution in [3.63, 3.8) is 0 Å². The Bertz CT molecular complexity index is 481. The van der Waals surface area contributed by atoms with Crippen molar-refractivity contribution >= 4 is 22.4 Å². The fourth-order valence-electron chi connectivity index (χ4n) is 1.75. The van der Waals surface area contributed by atoms with E-state index in [4.69, 9.17) is 5.73 Å². The van der Waals surface area contributed by atoms with Crippen LogP contribution in [0.5, 0.6) is 0 Å². The Morgan fingerprint density at radius 1 is 1.59 bits per heavy atom. The molecule has 1 fully saturated rings. The van der Waals surface area contributed by atoms with Crippen LogP contribution < -0.4 is 10.5 Å². The van der Waals surface area contributed by atoms with Gasteiger partial charge in [-0.3, -0.25) is 4.68 Å². The highest BCUT2D eigenvalue weighted by molar-refractivity contribution is 7.89. The van der Waals surface area contributed by atoms with Gasteiger partial charge in [-0.05, 0) is 25.3 Å². The average molecular weight is 281 g/mol. The van der Waals surface area contributed by atoms with E-state index in [9.17, 15) is 8.42 Å². The number of nitrogens with one attached hydrogen (secondary N) is 1. The quantitative estimate of drug-likeness (QED) is 0.812. The van der Waals surface area contributed by atoms with Crippen molar-refractivity contribution in [3.05, 3.63) is 12.3 Å². The summed E-state index contributed by atoms with van der Waals surface area (Å²) < 4.78 is 27.6. The number of sulfonamides is 1. The molecule has 3 N–H and O–H groups in total. The average Bonchev–Trinajstić information content (AvgIpc) is 2.59. The Kier molecular flexibility index (Phi) is 4.19. The highest BCUT2D eigenvalue weighted by atomic mass is 35.5. The minimum absolute atomic E-state index is 0. The normalized spacial score (nSPS) is 18.2. The fraction of sp³-hybridized carbons (Fsp3) is 0.667. The summed E-state index contributed by atoms with van der Waals surface area (Å²) in [6.45, 7) is 0.292. The number of nitrogens with two attached hydrogens (primary N) is 1. The van der Waals surface area contributed by atoms with E-state index in [1.165, 1.54) is 16.9 Å². The van der Waals surface area contributed by atoms with Gasteiger partial charge in [0, 0.05) is 19.1 Å². The second-order valence-electron chi connectivity index (χ2n) is 4.33. The van der Waals surface area contributed by atoms with Gasteiger partial charge in [0.2, 0.25) is 0 Å². The third kappa shape index (κ3) is 2.98. The van der Waals surface area contributed by atoms with E-state index >= 15 is 0 Å². The van der Waals surface area contributed by atoms with Gasteiger partial charge in [0.25, 0.3) is 10.0 Å². The Morgan fingerprint density at radius 3 is 2.65 bits per heavy atom. The highest BCUT2D eigenvalue weighted by Gasteiger charge is 2.34. The first-order valence-corrected chi connectivity index (χ1v) is 6.68. The molecule has 0 saturated heterocycles. The van der Waals surface area contributed by atoms with E-state index in [-0.39, 0.29) is 23.0 Å². The Labute approximate surface area is 107 Å². The third-order valence-corrected chi connectivity index (χ3v) is 4.49. The summed E-state index contributed by atoms with van der Waals surface area (Å²) in [5.41, 5.74) is 5.60. The summed E-state index contributed by atoms with van der Waals surface area (Å²) in [6, 6.07) is 1.46. The molecule has 1 aliphatic rings. The SMILES string of the molecule is Cl.Cn1nccc1S(=O)(=O)NCC1(N)CCC1. The number of rotatable bonds is 4. The lowest BCUT2D eigenvalue weighted by atomic mass is 9.78. The van der Waals surface area contributed by atoms with Crippen molar-refractivity contribution in [2.24, 2.45) is 12.8 Å². The molecule has 1 aromatic heterocycles. The summed E-state index contributed by atoms with van der Waals surface area (Å²) in [5, 5.41) is 3.99. The lowest BCUT2D eigenvalue weighted by Crippen LogP contribution is -2.54. The zero-order valence-corrected chi connectivity index (χ0v) is 11.2. The van der Waals surface area contributed by atoms with Crippen molar-refractivity contribution < 1.29 is 8.42 Å². The highest BCUT2D eigenvalue weighted by Crippen LogP contribution is 2.28. The van der Waals surface area contributed by atoms with E-state index in [1.54, 1.807) is 7.05 Å². The number of hydrogen-bond donors (Lipinski definition) is 2. The van der Waals surface area contributed by atoms with Crippen LogP contribution in [0.1, 0.15) is 19.3 Å². The maximum atomic E-state index is 11.9. The zero-order chi connectivity index (χ0) is 11.8. The monoisotopic (exact) mass is 280 g/mol. The molecule has 17 heavy (non-hydrogen) atoms. The summed E-state index contributed by atoms with van der Waals surface area (Å²) in [5.74, 6) is 0. The molecule has 0 amide bonds. The van der Waals surface area contributed by atoms with Gasteiger partial charge in [-0.15, -0.1) is 12.4 Å². The van der Waals surface area contributed by atoms with Crippen LogP contribution in [0.2, 0.25) is 0 Å².